The number of aliphatic hydroxyl groups is 1. The molecule has 128 valence electrons. The molecule has 0 bridgehead atoms. The van der Waals surface area contributed by atoms with Gasteiger partial charge in [0.25, 0.3) is 15.7 Å². The molecule has 2 aromatic rings. The topological polar surface area (TPSA) is 122 Å². The third kappa shape index (κ3) is 4.43. The molecule has 0 saturated carbocycles. The molecule has 0 atom stereocenters. The number of nitrogens with zero attached hydrogens (tertiary/aromatic N) is 1. The summed E-state index contributed by atoms with van der Waals surface area (Å²) < 4.78 is 28.0. The van der Waals surface area contributed by atoms with Gasteiger partial charge in [0.1, 0.15) is 0 Å². The van der Waals surface area contributed by atoms with Crippen molar-refractivity contribution in [2.75, 3.05) is 23.2 Å². The van der Waals surface area contributed by atoms with Crippen LogP contribution in [0, 0.1) is 10.1 Å². The number of anilines is 2. The van der Waals surface area contributed by atoms with Crippen molar-refractivity contribution in [3.05, 3.63) is 57.1 Å². The monoisotopic (exact) mass is 415 g/mol. The zero-order chi connectivity index (χ0) is 17.7. The fourth-order valence-electron chi connectivity index (χ4n) is 1.89. The first-order valence-electron chi connectivity index (χ1n) is 6.75. The average Bonchev–Trinajstić information content (AvgIpc) is 2.53. The van der Waals surface area contributed by atoms with Crippen LogP contribution in [0.15, 0.2) is 51.8 Å². The number of hydrogen-bond donors (Lipinski definition) is 3. The molecule has 0 heterocycles. The van der Waals surface area contributed by atoms with Crippen molar-refractivity contribution in [2.24, 2.45) is 0 Å². The van der Waals surface area contributed by atoms with Crippen LogP contribution in [0.2, 0.25) is 0 Å². The summed E-state index contributed by atoms with van der Waals surface area (Å²) in [4.78, 5) is 10.3. The van der Waals surface area contributed by atoms with Gasteiger partial charge in [0, 0.05) is 23.2 Å². The van der Waals surface area contributed by atoms with Crippen molar-refractivity contribution in [1.29, 1.82) is 0 Å². The molecule has 0 radical (unpaired) electrons. The zero-order valence-electron chi connectivity index (χ0n) is 12.3. The second-order valence-electron chi connectivity index (χ2n) is 4.70. The number of rotatable bonds is 7. The number of hydrogen-bond acceptors (Lipinski definition) is 6. The summed E-state index contributed by atoms with van der Waals surface area (Å²) in [7, 11) is -3.92. The highest BCUT2D eigenvalue weighted by Gasteiger charge is 2.18. The van der Waals surface area contributed by atoms with Gasteiger partial charge in [-0.3, -0.25) is 14.8 Å². The number of nitro groups is 1. The molecule has 10 heteroatoms. The Kier molecular flexibility index (Phi) is 5.75. The lowest BCUT2D eigenvalue weighted by atomic mass is 10.2. The van der Waals surface area contributed by atoms with Gasteiger partial charge >= 0.3 is 0 Å². The first-order valence-corrected chi connectivity index (χ1v) is 9.02. The molecular weight excluding hydrogens is 402 g/mol. The van der Waals surface area contributed by atoms with Crippen LogP contribution < -0.4 is 10.0 Å². The van der Waals surface area contributed by atoms with Crippen molar-refractivity contribution >= 4 is 43.0 Å². The van der Waals surface area contributed by atoms with Gasteiger partial charge in [0.05, 0.1) is 27.8 Å². The summed E-state index contributed by atoms with van der Waals surface area (Å²) in [5, 5.41) is 22.6. The van der Waals surface area contributed by atoms with Gasteiger partial charge in [-0.25, -0.2) is 8.42 Å². The molecule has 2 aromatic carbocycles. The van der Waals surface area contributed by atoms with Crippen LogP contribution in [-0.4, -0.2) is 31.6 Å². The molecule has 0 saturated heterocycles. The normalized spacial score (nSPS) is 11.1. The van der Waals surface area contributed by atoms with Crippen LogP contribution in [0.25, 0.3) is 0 Å². The van der Waals surface area contributed by atoms with Crippen molar-refractivity contribution < 1.29 is 18.4 Å². The van der Waals surface area contributed by atoms with Crippen LogP contribution in [-0.2, 0) is 10.0 Å². The molecular formula is C14H14BrN3O5S. The summed E-state index contributed by atoms with van der Waals surface area (Å²) in [6.07, 6.45) is 0. The van der Waals surface area contributed by atoms with Gasteiger partial charge in [0.2, 0.25) is 0 Å². The molecule has 0 spiro atoms. The number of halogens is 1. The first-order chi connectivity index (χ1) is 11.3. The maximum Gasteiger partial charge on any atom is 0.271 e. The van der Waals surface area contributed by atoms with E-state index in [4.69, 9.17) is 5.11 Å². The number of nitrogens with one attached hydrogen (secondary N) is 2. The van der Waals surface area contributed by atoms with Crippen LogP contribution in [0.1, 0.15) is 0 Å². The lowest BCUT2D eigenvalue weighted by molar-refractivity contribution is -0.384. The number of aliphatic hydroxyl groups excluding tert-OH is 1. The molecule has 0 aliphatic rings. The average molecular weight is 416 g/mol. The Morgan fingerprint density at radius 3 is 2.38 bits per heavy atom. The maximum absolute atomic E-state index is 12.4. The van der Waals surface area contributed by atoms with Crippen molar-refractivity contribution in [1.82, 2.24) is 0 Å². The second-order valence-corrected chi connectivity index (χ2v) is 7.29. The Labute approximate surface area is 146 Å². The molecule has 0 unspecified atom stereocenters. The van der Waals surface area contributed by atoms with E-state index in [0.717, 1.165) is 10.5 Å². The number of sulfonamides is 1. The number of benzene rings is 2. The van der Waals surface area contributed by atoms with Gasteiger partial charge in [0.15, 0.2) is 0 Å². The van der Waals surface area contributed by atoms with Crippen LogP contribution in [0.4, 0.5) is 17.1 Å². The molecule has 24 heavy (non-hydrogen) atoms. The molecule has 2 rings (SSSR count). The van der Waals surface area contributed by atoms with E-state index >= 15 is 0 Å². The van der Waals surface area contributed by atoms with Gasteiger partial charge in [-0.05, 0) is 30.3 Å². The Balaban J connectivity index is 2.39. The van der Waals surface area contributed by atoms with Gasteiger partial charge in [-0.2, -0.15) is 0 Å². The Morgan fingerprint density at radius 1 is 1.12 bits per heavy atom. The van der Waals surface area contributed by atoms with E-state index in [2.05, 4.69) is 26.0 Å². The van der Waals surface area contributed by atoms with Crippen LogP contribution >= 0.6 is 15.9 Å². The largest absolute Gasteiger partial charge is 0.395 e. The highest BCUT2D eigenvalue weighted by Crippen LogP contribution is 2.29. The molecule has 8 nitrogen and oxygen atoms in total. The van der Waals surface area contributed by atoms with Gasteiger partial charge < -0.3 is 10.4 Å². The number of non-ortho nitro benzene ring substituents is 1. The summed E-state index contributed by atoms with van der Waals surface area (Å²) in [5.41, 5.74) is 0.106. The second kappa shape index (κ2) is 7.60. The quantitative estimate of drug-likeness (QED) is 0.471. The SMILES string of the molecule is O=[N+]([O-])c1ccc(NCCO)c(NS(=O)(=O)c2ccc(Br)cc2)c1. The van der Waals surface area contributed by atoms with E-state index in [0.29, 0.717) is 5.69 Å². The molecule has 3 N–H and O–H groups in total. The minimum atomic E-state index is -3.92. The third-order valence-corrected chi connectivity index (χ3v) is 4.92. The van der Waals surface area contributed by atoms with E-state index in [1.807, 2.05) is 0 Å². The van der Waals surface area contributed by atoms with Crippen molar-refractivity contribution in [2.45, 2.75) is 4.90 Å². The molecule has 0 amide bonds. The molecule has 0 aromatic heterocycles. The Bertz CT molecular complexity index is 840. The Hall–Kier alpha value is -2.17. The van der Waals surface area contributed by atoms with E-state index in [1.165, 1.54) is 24.3 Å². The third-order valence-electron chi connectivity index (χ3n) is 3.01. The van der Waals surface area contributed by atoms with E-state index in [-0.39, 0.29) is 29.4 Å². The van der Waals surface area contributed by atoms with E-state index in [9.17, 15) is 18.5 Å². The number of nitro benzene ring substituents is 1. The summed E-state index contributed by atoms with van der Waals surface area (Å²) >= 11 is 3.22. The van der Waals surface area contributed by atoms with Crippen LogP contribution in [0.3, 0.4) is 0 Å². The first kappa shape index (κ1) is 18.2. The summed E-state index contributed by atoms with van der Waals surface area (Å²) in [6, 6.07) is 9.72. The van der Waals surface area contributed by atoms with E-state index in [1.54, 1.807) is 12.1 Å². The summed E-state index contributed by atoms with van der Waals surface area (Å²) in [6.45, 7) is 0.000706. The van der Waals surface area contributed by atoms with Crippen molar-refractivity contribution in [3.8, 4) is 0 Å². The van der Waals surface area contributed by atoms with Gasteiger partial charge in [-0.15, -0.1) is 0 Å². The molecule has 0 aliphatic heterocycles. The minimum Gasteiger partial charge on any atom is -0.395 e. The fourth-order valence-corrected chi connectivity index (χ4v) is 3.23. The highest BCUT2D eigenvalue weighted by atomic mass is 79.9. The van der Waals surface area contributed by atoms with Crippen molar-refractivity contribution in [3.63, 3.8) is 0 Å². The minimum absolute atomic E-state index is 0.0188. The fraction of sp³-hybridized carbons (Fsp3) is 0.143. The smallest absolute Gasteiger partial charge is 0.271 e. The summed E-state index contributed by atoms with van der Waals surface area (Å²) in [5.74, 6) is 0. The van der Waals surface area contributed by atoms with E-state index < -0.39 is 14.9 Å². The lowest BCUT2D eigenvalue weighted by Crippen LogP contribution is -2.15. The molecule has 0 aliphatic carbocycles. The van der Waals surface area contributed by atoms with Crippen LogP contribution in [0.5, 0.6) is 0 Å². The maximum atomic E-state index is 12.4. The Morgan fingerprint density at radius 2 is 1.79 bits per heavy atom. The predicted molar refractivity (Wildman–Crippen MR) is 93.6 cm³/mol. The highest BCUT2D eigenvalue weighted by molar-refractivity contribution is 9.10. The standard InChI is InChI=1S/C14H14BrN3O5S/c15-10-1-4-12(5-2-10)24(22,23)17-14-9-11(18(20)21)3-6-13(14)16-7-8-19/h1-6,9,16-17,19H,7-8H2. The molecule has 0 fully saturated rings. The predicted octanol–water partition coefficient (Wildman–Crippen LogP) is 2.56. The zero-order valence-corrected chi connectivity index (χ0v) is 14.7. The van der Waals surface area contributed by atoms with Gasteiger partial charge in [-0.1, -0.05) is 15.9 Å². The lowest BCUT2D eigenvalue weighted by Gasteiger charge is -2.14.